The normalized spacial score (nSPS) is 14.7. The molecule has 0 unspecified atom stereocenters. The first-order valence-corrected chi connectivity index (χ1v) is 9.56. The van der Waals surface area contributed by atoms with Crippen LogP contribution in [0.15, 0.2) is 12.3 Å². The van der Waals surface area contributed by atoms with Crippen molar-refractivity contribution in [2.45, 2.75) is 52.0 Å². The van der Waals surface area contributed by atoms with Crippen LogP contribution in [-0.4, -0.2) is 70.1 Å². The summed E-state index contributed by atoms with van der Waals surface area (Å²) in [6, 6.07) is 2.45. The molecule has 1 aromatic heterocycles. The lowest BCUT2D eigenvalue weighted by molar-refractivity contribution is -0.193. The summed E-state index contributed by atoms with van der Waals surface area (Å²) in [5, 5.41) is 24.4. The van der Waals surface area contributed by atoms with E-state index in [2.05, 4.69) is 46.7 Å². The van der Waals surface area contributed by atoms with Gasteiger partial charge in [0.1, 0.15) is 5.82 Å². The molecule has 2 heterocycles. The molecular weight excluding hydrogens is 464 g/mol. The van der Waals surface area contributed by atoms with E-state index in [1.165, 1.54) is 0 Å². The summed E-state index contributed by atoms with van der Waals surface area (Å²) in [5.74, 6) is -3.90. The molecule has 1 aliphatic rings. The van der Waals surface area contributed by atoms with Gasteiger partial charge in [-0.1, -0.05) is 20.8 Å². The van der Waals surface area contributed by atoms with Gasteiger partial charge < -0.3 is 26.2 Å². The van der Waals surface area contributed by atoms with Gasteiger partial charge in [-0.25, -0.2) is 14.6 Å². The van der Waals surface area contributed by atoms with E-state index >= 15 is 0 Å². The number of aromatic nitrogens is 2. The van der Waals surface area contributed by atoms with E-state index in [0.717, 1.165) is 38.3 Å². The summed E-state index contributed by atoms with van der Waals surface area (Å²) in [4.78, 5) is 26.6. The second-order valence-corrected chi connectivity index (χ2v) is 7.95. The van der Waals surface area contributed by atoms with Gasteiger partial charge in [0.15, 0.2) is 0 Å². The first kappa shape index (κ1) is 30.2. The van der Waals surface area contributed by atoms with Crippen molar-refractivity contribution >= 4 is 23.7 Å². The Hall–Kier alpha value is -2.84. The maximum absolute atomic E-state index is 10.6. The number of hydrogen-bond donors (Lipinski definition) is 5. The Labute approximate surface area is 186 Å². The number of aliphatic carboxylic acids is 2. The van der Waals surface area contributed by atoms with Crippen molar-refractivity contribution in [2.24, 2.45) is 5.41 Å². The highest BCUT2D eigenvalue weighted by atomic mass is 19.4. The third-order valence-electron chi connectivity index (χ3n) is 3.61. The number of alkyl halides is 6. The smallest absolute Gasteiger partial charge is 0.475 e. The molecule has 0 spiro atoms. The van der Waals surface area contributed by atoms with E-state index in [-0.39, 0.29) is 5.41 Å². The third kappa shape index (κ3) is 15.6. The van der Waals surface area contributed by atoms with E-state index in [1.54, 1.807) is 6.20 Å². The van der Waals surface area contributed by atoms with Crippen molar-refractivity contribution in [1.29, 1.82) is 0 Å². The molecule has 1 fully saturated rings. The lowest BCUT2D eigenvalue weighted by atomic mass is 9.97. The standard InChI is InChI=1S/C14H25N5.2C2HF3O2/c1-14(2,3)10-17-13-16-9-6-12(19-13)18-11-4-7-15-8-5-11;2*3-2(4,5)1(6)7/h6,9,11,15H,4-5,7-8,10H2,1-3H3,(H2,16,17,18,19);2*(H,6,7). The fraction of sp³-hybridized carbons (Fsp3) is 0.667. The Morgan fingerprint density at radius 2 is 1.48 bits per heavy atom. The minimum absolute atomic E-state index is 0.224. The lowest BCUT2D eigenvalue weighted by Gasteiger charge is -2.24. The van der Waals surface area contributed by atoms with Crippen LogP contribution < -0.4 is 16.0 Å². The average Bonchev–Trinajstić information content (AvgIpc) is 2.66. The topological polar surface area (TPSA) is 136 Å². The quantitative estimate of drug-likeness (QED) is 0.402. The molecule has 0 bridgehead atoms. The fourth-order valence-electron chi connectivity index (χ4n) is 2.04. The van der Waals surface area contributed by atoms with Crippen molar-refractivity contribution in [2.75, 3.05) is 30.3 Å². The lowest BCUT2D eigenvalue weighted by Crippen LogP contribution is -2.35. The number of nitrogens with zero attached hydrogens (tertiary/aromatic N) is 2. The predicted molar refractivity (Wildman–Crippen MR) is 107 cm³/mol. The number of anilines is 2. The Morgan fingerprint density at radius 1 is 1.03 bits per heavy atom. The molecule has 9 nitrogen and oxygen atoms in total. The van der Waals surface area contributed by atoms with Crippen LogP contribution in [0, 0.1) is 5.41 Å². The Morgan fingerprint density at radius 3 is 1.88 bits per heavy atom. The van der Waals surface area contributed by atoms with Crippen LogP contribution in [0.1, 0.15) is 33.6 Å². The highest BCUT2D eigenvalue weighted by molar-refractivity contribution is 5.73. The number of carbonyl (C=O) groups is 2. The van der Waals surface area contributed by atoms with Gasteiger partial charge in [0.2, 0.25) is 5.95 Å². The molecule has 15 heteroatoms. The van der Waals surface area contributed by atoms with E-state index in [4.69, 9.17) is 19.8 Å². The second-order valence-electron chi connectivity index (χ2n) is 7.95. The molecule has 0 amide bonds. The first-order chi connectivity index (χ1) is 14.9. The monoisotopic (exact) mass is 491 g/mol. The van der Waals surface area contributed by atoms with Crippen LogP contribution in [-0.2, 0) is 9.59 Å². The highest BCUT2D eigenvalue weighted by Crippen LogP contribution is 2.16. The van der Waals surface area contributed by atoms with Crippen LogP contribution in [0.4, 0.5) is 38.1 Å². The zero-order valence-electron chi connectivity index (χ0n) is 18.1. The third-order valence-corrected chi connectivity index (χ3v) is 3.61. The van der Waals surface area contributed by atoms with Gasteiger partial charge in [-0.3, -0.25) is 0 Å². The summed E-state index contributed by atoms with van der Waals surface area (Å²) < 4.78 is 63.5. The van der Waals surface area contributed by atoms with Crippen molar-refractivity contribution in [3.05, 3.63) is 12.3 Å². The summed E-state index contributed by atoms with van der Waals surface area (Å²) in [5.41, 5.74) is 0.224. The van der Waals surface area contributed by atoms with Gasteiger partial charge in [-0.15, -0.1) is 0 Å². The van der Waals surface area contributed by atoms with Gasteiger partial charge >= 0.3 is 24.3 Å². The van der Waals surface area contributed by atoms with E-state index < -0.39 is 24.3 Å². The van der Waals surface area contributed by atoms with Gasteiger partial charge in [0.05, 0.1) is 0 Å². The zero-order chi connectivity index (χ0) is 25.9. The molecule has 1 aromatic rings. The molecule has 0 saturated carbocycles. The fourth-order valence-corrected chi connectivity index (χ4v) is 2.04. The number of hydrogen-bond acceptors (Lipinski definition) is 7. The van der Waals surface area contributed by atoms with E-state index in [9.17, 15) is 26.3 Å². The molecule has 0 aromatic carbocycles. The number of carboxylic acid groups (broad SMARTS) is 2. The largest absolute Gasteiger partial charge is 0.490 e. The molecule has 0 atom stereocenters. The van der Waals surface area contributed by atoms with Gasteiger partial charge in [0.25, 0.3) is 0 Å². The van der Waals surface area contributed by atoms with Crippen molar-refractivity contribution in [3.8, 4) is 0 Å². The molecular formula is C18H27F6N5O4. The molecule has 1 saturated heterocycles. The summed E-state index contributed by atoms with van der Waals surface area (Å²) >= 11 is 0. The van der Waals surface area contributed by atoms with Crippen molar-refractivity contribution in [3.63, 3.8) is 0 Å². The first-order valence-electron chi connectivity index (χ1n) is 9.56. The van der Waals surface area contributed by atoms with Crippen LogP contribution in [0.3, 0.4) is 0 Å². The number of nitrogens with one attached hydrogen (secondary N) is 3. The van der Waals surface area contributed by atoms with Gasteiger partial charge in [0, 0.05) is 18.8 Å². The van der Waals surface area contributed by atoms with Crippen LogP contribution in [0.2, 0.25) is 0 Å². The Kier molecular flexibility index (Phi) is 11.9. The Bertz CT molecular complexity index is 723. The number of halogens is 6. The second kappa shape index (κ2) is 13.0. The van der Waals surface area contributed by atoms with Crippen LogP contribution in [0.5, 0.6) is 0 Å². The summed E-state index contributed by atoms with van der Waals surface area (Å²) in [6.07, 6.45) is -6.06. The van der Waals surface area contributed by atoms with E-state index in [1.807, 2.05) is 6.07 Å². The minimum Gasteiger partial charge on any atom is -0.475 e. The predicted octanol–water partition coefficient (Wildman–Crippen LogP) is 3.37. The highest BCUT2D eigenvalue weighted by Gasteiger charge is 2.38. The summed E-state index contributed by atoms with van der Waals surface area (Å²) in [7, 11) is 0. The van der Waals surface area contributed by atoms with Gasteiger partial charge in [-0.05, 0) is 37.4 Å². The summed E-state index contributed by atoms with van der Waals surface area (Å²) in [6.45, 7) is 9.60. The van der Waals surface area contributed by atoms with E-state index in [0.29, 0.717) is 12.0 Å². The number of carboxylic acids is 2. The molecule has 190 valence electrons. The van der Waals surface area contributed by atoms with Crippen molar-refractivity contribution in [1.82, 2.24) is 15.3 Å². The molecule has 5 N–H and O–H groups in total. The molecule has 1 aliphatic heterocycles. The van der Waals surface area contributed by atoms with Crippen molar-refractivity contribution < 1.29 is 46.1 Å². The molecule has 2 rings (SSSR count). The zero-order valence-corrected chi connectivity index (χ0v) is 18.1. The maximum atomic E-state index is 10.6. The minimum atomic E-state index is -5.08. The number of piperidine rings is 1. The van der Waals surface area contributed by atoms with Crippen LogP contribution >= 0.6 is 0 Å². The number of rotatable bonds is 4. The SMILES string of the molecule is CC(C)(C)CNc1nccc(NC2CCNCC2)n1.O=C(O)C(F)(F)F.O=C(O)C(F)(F)F. The average molecular weight is 491 g/mol. The maximum Gasteiger partial charge on any atom is 0.490 e. The molecule has 33 heavy (non-hydrogen) atoms. The van der Waals surface area contributed by atoms with Crippen LogP contribution in [0.25, 0.3) is 0 Å². The Balaban J connectivity index is 0.000000605. The molecule has 0 aliphatic carbocycles. The van der Waals surface area contributed by atoms with Gasteiger partial charge in [-0.2, -0.15) is 31.3 Å². The molecule has 0 radical (unpaired) electrons.